The third-order valence-electron chi connectivity index (χ3n) is 7.68. The van der Waals surface area contributed by atoms with E-state index >= 15 is 0 Å². The number of hydrogen-bond donors (Lipinski definition) is 1. The van der Waals surface area contributed by atoms with E-state index in [2.05, 4.69) is 28.4 Å². The molecule has 36 heavy (non-hydrogen) atoms. The zero-order valence-corrected chi connectivity index (χ0v) is 21.1. The van der Waals surface area contributed by atoms with Gasteiger partial charge in [-0.05, 0) is 74.8 Å². The molecule has 4 unspecified atom stereocenters. The van der Waals surface area contributed by atoms with Gasteiger partial charge in [-0.15, -0.1) is 0 Å². The highest BCUT2D eigenvalue weighted by Crippen LogP contribution is 2.53. The lowest BCUT2D eigenvalue weighted by molar-refractivity contribution is 0.0679. The molecular formula is C29H35N3O4. The summed E-state index contributed by atoms with van der Waals surface area (Å²) in [5.41, 5.74) is 3.89. The second kappa shape index (κ2) is 10.8. The van der Waals surface area contributed by atoms with Crippen molar-refractivity contribution in [2.24, 2.45) is 0 Å². The van der Waals surface area contributed by atoms with Gasteiger partial charge in [-0.25, -0.2) is 4.79 Å². The van der Waals surface area contributed by atoms with Gasteiger partial charge in [0, 0.05) is 30.1 Å². The molecule has 7 heteroatoms. The molecule has 2 aliphatic heterocycles. The maximum atomic E-state index is 12.1. The van der Waals surface area contributed by atoms with Crippen LogP contribution in [0.3, 0.4) is 0 Å². The molecule has 2 aromatic carbocycles. The average Bonchev–Trinajstić information content (AvgIpc) is 3.48. The fraction of sp³-hybridized carbons (Fsp3) is 0.517. The zero-order chi connectivity index (χ0) is 25.1. The summed E-state index contributed by atoms with van der Waals surface area (Å²) in [5.74, 6) is 0.548. The van der Waals surface area contributed by atoms with Gasteiger partial charge in [0.1, 0.15) is 18.5 Å². The van der Waals surface area contributed by atoms with E-state index in [9.17, 15) is 10.1 Å². The molecule has 3 aliphatic rings. The van der Waals surface area contributed by atoms with Crippen LogP contribution in [0.1, 0.15) is 75.5 Å². The van der Waals surface area contributed by atoms with E-state index in [1.807, 2.05) is 44.2 Å². The number of nitriles is 1. The van der Waals surface area contributed by atoms with Gasteiger partial charge in [0.15, 0.2) is 0 Å². The average molecular weight is 490 g/mol. The number of anilines is 2. The molecule has 1 amide bonds. The highest BCUT2D eigenvalue weighted by Gasteiger charge is 2.44. The quantitative estimate of drug-likeness (QED) is 0.468. The first-order valence-corrected chi connectivity index (χ1v) is 13.2. The largest absolute Gasteiger partial charge is 0.491 e. The summed E-state index contributed by atoms with van der Waals surface area (Å²) < 4.78 is 17.1. The molecule has 2 heterocycles. The van der Waals surface area contributed by atoms with Gasteiger partial charge in [-0.1, -0.05) is 25.1 Å². The molecular weight excluding hydrogens is 454 g/mol. The van der Waals surface area contributed by atoms with Gasteiger partial charge in [0.2, 0.25) is 0 Å². The number of rotatable bonds is 8. The highest BCUT2D eigenvalue weighted by molar-refractivity contribution is 5.84. The van der Waals surface area contributed by atoms with E-state index in [1.165, 1.54) is 6.42 Å². The van der Waals surface area contributed by atoms with E-state index in [0.717, 1.165) is 61.3 Å². The first-order valence-electron chi connectivity index (χ1n) is 13.2. The minimum atomic E-state index is -0.452. The SMILES string of the molecule is CCC(C)OC(=O)Nc1ccc(C2C(C#N)c3ccc(OCC4CCCO4)cc3N2C2CCC2)cc1. The molecule has 1 N–H and O–H groups in total. The van der Waals surface area contributed by atoms with Crippen LogP contribution in [-0.4, -0.2) is 37.6 Å². The van der Waals surface area contributed by atoms with Crippen LogP contribution < -0.4 is 15.0 Å². The zero-order valence-electron chi connectivity index (χ0n) is 21.1. The number of hydrogen-bond acceptors (Lipinski definition) is 6. The Kier molecular flexibility index (Phi) is 7.33. The molecule has 4 atom stereocenters. The summed E-state index contributed by atoms with van der Waals surface area (Å²) >= 11 is 0. The van der Waals surface area contributed by atoms with Gasteiger partial charge in [0.25, 0.3) is 0 Å². The number of ether oxygens (including phenoxy) is 3. The Bertz CT molecular complexity index is 1100. The molecule has 7 nitrogen and oxygen atoms in total. The maximum Gasteiger partial charge on any atom is 0.411 e. The number of carbonyl (C=O) groups is 1. The van der Waals surface area contributed by atoms with Crippen LogP contribution in [0.25, 0.3) is 0 Å². The molecule has 1 saturated heterocycles. The standard InChI is InChI=1S/C29H35N3O4/c1-3-19(2)36-29(33)31-21-11-9-20(10-12-21)28-26(17-30)25-14-13-23(35-18-24-8-5-15-34-24)16-27(25)32(28)22-6-4-7-22/h9-14,16,19,22,24,26,28H,3-8,15,18H2,1-2H3,(H,31,33). The molecule has 190 valence electrons. The summed E-state index contributed by atoms with van der Waals surface area (Å²) in [7, 11) is 0. The Labute approximate surface area is 213 Å². The van der Waals surface area contributed by atoms with Crippen LogP contribution in [0.4, 0.5) is 16.2 Å². The lowest BCUT2D eigenvalue weighted by atomic mass is 9.87. The predicted molar refractivity (Wildman–Crippen MR) is 138 cm³/mol. The van der Waals surface area contributed by atoms with Crippen molar-refractivity contribution < 1.29 is 19.0 Å². The minimum Gasteiger partial charge on any atom is -0.491 e. The third-order valence-corrected chi connectivity index (χ3v) is 7.68. The molecule has 0 spiro atoms. The first kappa shape index (κ1) is 24.5. The van der Waals surface area contributed by atoms with Crippen molar-refractivity contribution in [1.29, 1.82) is 5.26 Å². The molecule has 1 saturated carbocycles. The monoisotopic (exact) mass is 489 g/mol. The number of nitrogens with zero attached hydrogens (tertiary/aromatic N) is 2. The molecule has 0 radical (unpaired) electrons. The normalized spacial score (nSPS) is 23.9. The van der Waals surface area contributed by atoms with Crippen molar-refractivity contribution >= 4 is 17.5 Å². The van der Waals surface area contributed by atoms with E-state index in [4.69, 9.17) is 14.2 Å². The Morgan fingerprint density at radius 2 is 2.00 bits per heavy atom. The smallest absolute Gasteiger partial charge is 0.411 e. The van der Waals surface area contributed by atoms with Gasteiger partial charge < -0.3 is 19.1 Å². The number of amides is 1. The molecule has 2 aromatic rings. The van der Waals surface area contributed by atoms with Gasteiger partial charge in [0.05, 0.1) is 24.1 Å². The summed E-state index contributed by atoms with van der Waals surface area (Å²) in [5, 5.41) is 13.0. The van der Waals surface area contributed by atoms with E-state index < -0.39 is 6.09 Å². The lowest BCUT2D eigenvalue weighted by Gasteiger charge is -2.41. The lowest BCUT2D eigenvalue weighted by Crippen LogP contribution is -2.41. The van der Waals surface area contributed by atoms with Crippen LogP contribution in [-0.2, 0) is 9.47 Å². The van der Waals surface area contributed by atoms with Gasteiger partial charge in [-0.3, -0.25) is 5.32 Å². The van der Waals surface area contributed by atoms with Crippen molar-refractivity contribution in [3.63, 3.8) is 0 Å². The molecule has 1 aliphatic carbocycles. The Morgan fingerprint density at radius 1 is 1.19 bits per heavy atom. The first-order chi connectivity index (χ1) is 17.6. The van der Waals surface area contributed by atoms with Crippen LogP contribution in [0.15, 0.2) is 42.5 Å². The van der Waals surface area contributed by atoms with E-state index in [-0.39, 0.29) is 24.2 Å². The minimum absolute atomic E-state index is 0.0789. The van der Waals surface area contributed by atoms with Crippen molar-refractivity contribution in [2.45, 2.75) is 82.6 Å². The molecule has 0 aromatic heterocycles. The highest BCUT2D eigenvalue weighted by atomic mass is 16.6. The fourth-order valence-corrected chi connectivity index (χ4v) is 5.30. The Hall–Kier alpha value is -3.24. The van der Waals surface area contributed by atoms with Crippen LogP contribution in [0.2, 0.25) is 0 Å². The van der Waals surface area contributed by atoms with Crippen molar-refractivity contribution in [3.8, 4) is 11.8 Å². The predicted octanol–water partition coefficient (Wildman–Crippen LogP) is 6.31. The third kappa shape index (κ3) is 5.01. The molecule has 5 rings (SSSR count). The van der Waals surface area contributed by atoms with E-state index in [0.29, 0.717) is 18.3 Å². The van der Waals surface area contributed by atoms with Gasteiger partial charge >= 0.3 is 6.09 Å². The maximum absolute atomic E-state index is 12.1. The number of carbonyl (C=O) groups excluding carboxylic acids is 1. The number of fused-ring (bicyclic) bond motifs is 1. The summed E-state index contributed by atoms with van der Waals surface area (Å²) in [6.45, 7) is 5.22. The second-order valence-electron chi connectivity index (χ2n) is 10.1. The Morgan fingerprint density at radius 3 is 2.64 bits per heavy atom. The van der Waals surface area contributed by atoms with Crippen molar-refractivity contribution in [2.75, 3.05) is 23.4 Å². The van der Waals surface area contributed by atoms with E-state index in [1.54, 1.807) is 0 Å². The van der Waals surface area contributed by atoms with Crippen LogP contribution in [0.5, 0.6) is 5.75 Å². The second-order valence-corrected chi connectivity index (χ2v) is 10.1. The Balaban J connectivity index is 1.37. The number of benzene rings is 2. The molecule has 2 fully saturated rings. The van der Waals surface area contributed by atoms with Crippen molar-refractivity contribution in [1.82, 2.24) is 0 Å². The summed E-state index contributed by atoms with van der Waals surface area (Å²) in [6, 6.07) is 16.9. The molecule has 0 bridgehead atoms. The van der Waals surface area contributed by atoms with Crippen LogP contribution in [0, 0.1) is 11.3 Å². The summed E-state index contributed by atoms with van der Waals surface area (Å²) in [4.78, 5) is 14.6. The fourth-order valence-electron chi connectivity index (χ4n) is 5.30. The summed E-state index contributed by atoms with van der Waals surface area (Å²) in [6.07, 6.45) is 5.92. The van der Waals surface area contributed by atoms with Crippen LogP contribution >= 0.6 is 0 Å². The topological polar surface area (TPSA) is 83.8 Å². The van der Waals surface area contributed by atoms with Crippen molar-refractivity contribution in [3.05, 3.63) is 53.6 Å². The number of nitrogens with one attached hydrogen (secondary N) is 1. The van der Waals surface area contributed by atoms with Gasteiger partial charge in [-0.2, -0.15) is 5.26 Å².